The highest BCUT2D eigenvalue weighted by atomic mass is 32.1. The summed E-state index contributed by atoms with van der Waals surface area (Å²) in [5, 5.41) is 3.23. The molecule has 0 amide bonds. The number of aromatic nitrogens is 1. The molecule has 1 unspecified atom stereocenters. The molecule has 1 fully saturated rings. The van der Waals surface area contributed by atoms with E-state index in [1.807, 2.05) is 6.92 Å². The zero-order valence-corrected chi connectivity index (χ0v) is 12.4. The second-order valence-corrected chi connectivity index (χ2v) is 6.37. The first-order valence-electron chi connectivity index (χ1n) is 6.67. The van der Waals surface area contributed by atoms with E-state index in [2.05, 4.69) is 34.3 Å². The summed E-state index contributed by atoms with van der Waals surface area (Å²) in [6.07, 6.45) is 2.54. The highest BCUT2D eigenvalue weighted by Gasteiger charge is 2.21. The van der Waals surface area contributed by atoms with Crippen LogP contribution in [0, 0.1) is 5.92 Å². The van der Waals surface area contributed by atoms with Crippen molar-refractivity contribution in [3.63, 3.8) is 0 Å². The van der Waals surface area contributed by atoms with E-state index < -0.39 is 0 Å². The normalized spacial score (nSPS) is 19.5. The Kier molecular flexibility index (Phi) is 4.59. The quantitative estimate of drug-likeness (QED) is 0.906. The topological polar surface area (TPSA) is 45.4 Å². The number of nitrogens with two attached hydrogens (primary N) is 1. The SMILES string of the molecule is CC(N)c1csc(N2CCC(CN(C)C)CC2)n1. The molecule has 0 saturated carbocycles. The average Bonchev–Trinajstić information content (AvgIpc) is 2.78. The Balaban J connectivity index is 1.88. The smallest absolute Gasteiger partial charge is 0.185 e. The van der Waals surface area contributed by atoms with Crippen LogP contribution in [0.25, 0.3) is 0 Å². The number of anilines is 1. The van der Waals surface area contributed by atoms with Crippen molar-refractivity contribution in [2.24, 2.45) is 11.7 Å². The molecular weight excluding hydrogens is 244 g/mol. The van der Waals surface area contributed by atoms with Gasteiger partial charge in [0.2, 0.25) is 0 Å². The summed E-state index contributed by atoms with van der Waals surface area (Å²) < 4.78 is 0. The van der Waals surface area contributed by atoms with Gasteiger partial charge in [0.25, 0.3) is 0 Å². The summed E-state index contributed by atoms with van der Waals surface area (Å²) in [6, 6.07) is 0.0429. The van der Waals surface area contributed by atoms with E-state index in [4.69, 9.17) is 5.73 Å². The molecule has 102 valence electrons. The average molecular weight is 268 g/mol. The Morgan fingerprint density at radius 1 is 1.50 bits per heavy atom. The molecule has 2 N–H and O–H groups in total. The van der Waals surface area contributed by atoms with E-state index in [9.17, 15) is 0 Å². The molecule has 4 nitrogen and oxygen atoms in total. The lowest BCUT2D eigenvalue weighted by Crippen LogP contribution is -2.37. The molecule has 0 aromatic carbocycles. The van der Waals surface area contributed by atoms with E-state index in [-0.39, 0.29) is 6.04 Å². The predicted molar refractivity (Wildman–Crippen MR) is 78.2 cm³/mol. The molecule has 18 heavy (non-hydrogen) atoms. The lowest BCUT2D eigenvalue weighted by atomic mass is 9.97. The van der Waals surface area contributed by atoms with Crippen LogP contribution in [0.3, 0.4) is 0 Å². The van der Waals surface area contributed by atoms with Crippen LogP contribution in [0.2, 0.25) is 0 Å². The van der Waals surface area contributed by atoms with Crippen molar-refractivity contribution < 1.29 is 0 Å². The number of rotatable bonds is 4. The molecule has 1 aromatic heterocycles. The molecular formula is C13H24N4S. The molecule has 0 bridgehead atoms. The zero-order valence-electron chi connectivity index (χ0n) is 11.6. The van der Waals surface area contributed by atoms with E-state index in [1.54, 1.807) is 11.3 Å². The summed E-state index contributed by atoms with van der Waals surface area (Å²) in [5.74, 6) is 0.837. The molecule has 2 rings (SSSR count). The van der Waals surface area contributed by atoms with Gasteiger partial charge in [-0.2, -0.15) is 0 Å². The number of hydrogen-bond acceptors (Lipinski definition) is 5. The van der Waals surface area contributed by atoms with Crippen molar-refractivity contribution in [2.75, 3.05) is 38.6 Å². The lowest BCUT2D eigenvalue weighted by molar-refractivity contribution is 0.285. The number of piperidine rings is 1. The number of hydrogen-bond donors (Lipinski definition) is 1. The predicted octanol–water partition coefficient (Wildman–Crippen LogP) is 1.94. The van der Waals surface area contributed by atoms with Crippen LogP contribution in [0.15, 0.2) is 5.38 Å². The van der Waals surface area contributed by atoms with Crippen molar-refractivity contribution in [3.8, 4) is 0 Å². The van der Waals surface area contributed by atoms with Crippen LogP contribution < -0.4 is 10.6 Å². The fourth-order valence-electron chi connectivity index (χ4n) is 2.45. The highest BCUT2D eigenvalue weighted by Crippen LogP contribution is 2.27. The maximum atomic E-state index is 5.85. The standard InChI is InChI=1S/C13H24N4S/c1-10(14)12-9-18-13(15-12)17-6-4-11(5-7-17)8-16(2)3/h9-11H,4-8,14H2,1-3H3. The third-order valence-electron chi connectivity index (χ3n) is 3.48. The van der Waals surface area contributed by atoms with Gasteiger partial charge < -0.3 is 15.5 Å². The minimum absolute atomic E-state index is 0.0429. The number of thiazole rings is 1. The summed E-state index contributed by atoms with van der Waals surface area (Å²) >= 11 is 1.72. The number of nitrogens with zero attached hydrogens (tertiary/aromatic N) is 3. The molecule has 1 aliphatic heterocycles. The Morgan fingerprint density at radius 2 is 2.17 bits per heavy atom. The first kappa shape index (κ1) is 13.8. The fourth-order valence-corrected chi connectivity index (χ4v) is 3.44. The summed E-state index contributed by atoms with van der Waals surface area (Å²) in [4.78, 5) is 9.32. The van der Waals surface area contributed by atoms with E-state index in [0.29, 0.717) is 0 Å². The first-order valence-corrected chi connectivity index (χ1v) is 7.55. The molecule has 1 saturated heterocycles. The van der Waals surface area contributed by atoms with E-state index >= 15 is 0 Å². The summed E-state index contributed by atoms with van der Waals surface area (Å²) in [7, 11) is 4.31. The molecule has 0 radical (unpaired) electrons. The largest absolute Gasteiger partial charge is 0.348 e. The van der Waals surface area contributed by atoms with Gasteiger partial charge in [0.15, 0.2) is 5.13 Å². The monoisotopic (exact) mass is 268 g/mol. The van der Waals surface area contributed by atoms with Gasteiger partial charge in [-0.15, -0.1) is 11.3 Å². The maximum absolute atomic E-state index is 5.85. The van der Waals surface area contributed by atoms with Crippen molar-refractivity contribution in [1.29, 1.82) is 0 Å². The van der Waals surface area contributed by atoms with Crippen molar-refractivity contribution in [2.45, 2.75) is 25.8 Å². The van der Waals surface area contributed by atoms with E-state index in [1.165, 1.54) is 19.4 Å². The molecule has 1 aliphatic rings. The Labute approximate surface area is 114 Å². The van der Waals surface area contributed by atoms with Crippen molar-refractivity contribution in [1.82, 2.24) is 9.88 Å². The minimum Gasteiger partial charge on any atom is -0.348 e. The van der Waals surface area contributed by atoms with E-state index in [0.717, 1.165) is 29.8 Å². The van der Waals surface area contributed by atoms with Crippen LogP contribution in [0.4, 0.5) is 5.13 Å². The molecule has 0 aliphatic carbocycles. The molecule has 1 aromatic rings. The minimum atomic E-state index is 0.0429. The van der Waals surface area contributed by atoms with Gasteiger partial charge in [0, 0.05) is 31.1 Å². The first-order chi connectivity index (χ1) is 8.56. The van der Waals surface area contributed by atoms with Gasteiger partial charge in [-0.1, -0.05) is 0 Å². The summed E-state index contributed by atoms with van der Waals surface area (Å²) in [6.45, 7) is 5.45. The summed E-state index contributed by atoms with van der Waals surface area (Å²) in [5.41, 5.74) is 6.87. The third-order valence-corrected chi connectivity index (χ3v) is 4.40. The van der Waals surface area contributed by atoms with Crippen molar-refractivity contribution >= 4 is 16.5 Å². The van der Waals surface area contributed by atoms with Crippen LogP contribution in [0.5, 0.6) is 0 Å². The Morgan fingerprint density at radius 3 is 2.67 bits per heavy atom. The fraction of sp³-hybridized carbons (Fsp3) is 0.769. The van der Waals surface area contributed by atoms with Crippen molar-refractivity contribution in [3.05, 3.63) is 11.1 Å². The Hall–Kier alpha value is -0.650. The molecule has 5 heteroatoms. The van der Waals surface area contributed by atoms with Crippen LogP contribution in [-0.4, -0.2) is 43.6 Å². The molecule has 0 spiro atoms. The van der Waals surface area contributed by atoms with Crippen LogP contribution in [0.1, 0.15) is 31.5 Å². The lowest BCUT2D eigenvalue weighted by Gasteiger charge is -2.33. The van der Waals surface area contributed by atoms with Gasteiger partial charge in [-0.05, 0) is 39.8 Å². The molecule has 2 heterocycles. The van der Waals surface area contributed by atoms with Gasteiger partial charge in [0.1, 0.15) is 0 Å². The maximum Gasteiger partial charge on any atom is 0.185 e. The third kappa shape index (κ3) is 3.43. The molecule has 1 atom stereocenters. The second kappa shape index (κ2) is 5.99. The highest BCUT2D eigenvalue weighted by molar-refractivity contribution is 7.13. The van der Waals surface area contributed by atoms with Gasteiger partial charge in [0.05, 0.1) is 5.69 Å². The van der Waals surface area contributed by atoms with Gasteiger partial charge in [-0.3, -0.25) is 0 Å². The van der Waals surface area contributed by atoms with Crippen LogP contribution >= 0.6 is 11.3 Å². The van der Waals surface area contributed by atoms with Crippen LogP contribution in [-0.2, 0) is 0 Å². The second-order valence-electron chi connectivity index (χ2n) is 5.54. The Bertz CT molecular complexity index is 367. The van der Waals surface area contributed by atoms with Gasteiger partial charge >= 0.3 is 0 Å². The van der Waals surface area contributed by atoms with Gasteiger partial charge in [-0.25, -0.2) is 4.98 Å². The zero-order chi connectivity index (χ0) is 13.1.